The van der Waals surface area contributed by atoms with Crippen molar-refractivity contribution in [3.8, 4) is 0 Å². The molecule has 0 aliphatic carbocycles. The molecular formula is C22H34ClN3O3S. The van der Waals surface area contributed by atoms with Crippen molar-refractivity contribution in [3.63, 3.8) is 0 Å². The van der Waals surface area contributed by atoms with Crippen LogP contribution in [0.4, 0.5) is 0 Å². The molecule has 2 heterocycles. The number of rotatable bonds is 7. The number of carbonyl (C=O) groups excluding carboxylic acids is 1. The van der Waals surface area contributed by atoms with E-state index in [2.05, 4.69) is 33.0 Å². The van der Waals surface area contributed by atoms with E-state index in [1.54, 1.807) is 18.2 Å². The molecule has 168 valence electrons. The number of hydrogen-bond donors (Lipinski definition) is 1. The molecule has 3 rings (SSSR count). The summed E-state index contributed by atoms with van der Waals surface area (Å²) in [4.78, 5) is 15.5. The Kier molecular flexibility index (Phi) is 7.17. The van der Waals surface area contributed by atoms with Crippen LogP contribution in [0.2, 0.25) is 5.02 Å². The van der Waals surface area contributed by atoms with Gasteiger partial charge in [0.2, 0.25) is 15.9 Å². The molecule has 1 amide bonds. The Bertz CT molecular complexity index is 868. The molecule has 1 N–H and O–H groups in total. The van der Waals surface area contributed by atoms with Crippen LogP contribution >= 0.6 is 11.6 Å². The zero-order chi connectivity index (χ0) is 22.1. The Hall–Kier alpha value is -1.15. The van der Waals surface area contributed by atoms with E-state index in [1.807, 2.05) is 4.90 Å². The molecule has 2 aliphatic rings. The van der Waals surface area contributed by atoms with Gasteiger partial charge in [0.1, 0.15) is 0 Å². The minimum absolute atomic E-state index is 0.163. The maximum atomic E-state index is 13.3. The van der Waals surface area contributed by atoms with Crippen LogP contribution in [0.5, 0.6) is 0 Å². The van der Waals surface area contributed by atoms with Gasteiger partial charge in [0, 0.05) is 24.7 Å². The van der Waals surface area contributed by atoms with Gasteiger partial charge in [0.25, 0.3) is 0 Å². The molecule has 1 aromatic carbocycles. The molecule has 6 nitrogen and oxygen atoms in total. The fraction of sp³-hybridized carbons (Fsp3) is 0.682. The molecule has 0 bridgehead atoms. The van der Waals surface area contributed by atoms with Crippen LogP contribution in [0.25, 0.3) is 0 Å². The average molecular weight is 456 g/mol. The number of benzene rings is 1. The van der Waals surface area contributed by atoms with Crippen LogP contribution < -0.4 is 5.32 Å². The third-order valence-electron chi connectivity index (χ3n) is 6.86. The summed E-state index contributed by atoms with van der Waals surface area (Å²) < 4.78 is 27.7. The maximum Gasteiger partial charge on any atom is 0.243 e. The van der Waals surface area contributed by atoms with Gasteiger partial charge < -0.3 is 4.90 Å². The number of carbonyl (C=O) groups is 1. The normalized spacial score (nSPS) is 24.4. The van der Waals surface area contributed by atoms with E-state index >= 15 is 0 Å². The van der Waals surface area contributed by atoms with Gasteiger partial charge in [-0.05, 0) is 42.9 Å². The predicted molar refractivity (Wildman–Crippen MR) is 120 cm³/mol. The van der Waals surface area contributed by atoms with Crippen molar-refractivity contribution in [2.24, 2.45) is 11.8 Å². The summed E-state index contributed by atoms with van der Waals surface area (Å²) in [5.41, 5.74) is -0.463. The molecule has 30 heavy (non-hydrogen) atoms. The SMILES string of the molecule is CC[C@H](C)CN1C(=O)[C@H]([C@H](C)CC)NC12CCN(S(=O)(=O)c1cccc(Cl)c1)CC2. The highest BCUT2D eigenvalue weighted by Gasteiger charge is 2.53. The van der Waals surface area contributed by atoms with Crippen LogP contribution in [-0.4, -0.2) is 54.9 Å². The Morgan fingerprint density at radius 2 is 1.87 bits per heavy atom. The fourth-order valence-electron chi connectivity index (χ4n) is 4.42. The first-order chi connectivity index (χ1) is 14.1. The van der Waals surface area contributed by atoms with Crippen molar-refractivity contribution in [1.82, 2.24) is 14.5 Å². The molecular weight excluding hydrogens is 422 g/mol. The average Bonchev–Trinajstić information content (AvgIpc) is 2.99. The van der Waals surface area contributed by atoms with E-state index < -0.39 is 15.7 Å². The van der Waals surface area contributed by atoms with Crippen molar-refractivity contribution in [1.29, 1.82) is 0 Å². The van der Waals surface area contributed by atoms with Gasteiger partial charge >= 0.3 is 0 Å². The quantitative estimate of drug-likeness (QED) is 0.680. The Balaban J connectivity index is 1.82. The largest absolute Gasteiger partial charge is 0.323 e. The summed E-state index contributed by atoms with van der Waals surface area (Å²) >= 11 is 6.01. The first kappa shape index (κ1) is 23.5. The smallest absolute Gasteiger partial charge is 0.243 e. The van der Waals surface area contributed by atoms with E-state index in [9.17, 15) is 13.2 Å². The minimum atomic E-state index is -3.61. The highest BCUT2D eigenvalue weighted by atomic mass is 35.5. The highest BCUT2D eigenvalue weighted by Crippen LogP contribution is 2.37. The van der Waals surface area contributed by atoms with Gasteiger partial charge in [-0.2, -0.15) is 4.31 Å². The number of sulfonamides is 1. The van der Waals surface area contributed by atoms with Crippen molar-refractivity contribution >= 4 is 27.5 Å². The number of amides is 1. The molecule has 1 spiro atoms. The molecule has 0 saturated carbocycles. The fourth-order valence-corrected chi connectivity index (χ4v) is 6.16. The van der Waals surface area contributed by atoms with E-state index in [4.69, 9.17) is 11.6 Å². The highest BCUT2D eigenvalue weighted by molar-refractivity contribution is 7.89. The predicted octanol–water partition coefficient (Wildman–Crippen LogP) is 3.71. The van der Waals surface area contributed by atoms with E-state index in [0.717, 1.165) is 12.8 Å². The standard InChI is InChI=1S/C22H34ClN3O3S/c1-5-16(3)15-26-21(27)20(17(4)6-2)24-22(26)10-12-25(13-11-22)30(28,29)19-9-7-8-18(23)14-19/h7-9,14,16-17,20,24H,5-6,10-13,15H2,1-4H3/t16-,17+,20-/m0/s1. The second-order valence-electron chi connectivity index (χ2n) is 8.86. The van der Waals surface area contributed by atoms with Crippen LogP contribution in [-0.2, 0) is 14.8 Å². The van der Waals surface area contributed by atoms with E-state index in [-0.39, 0.29) is 22.8 Å². The minimum Gasteiger partial charge on any atom is -0.323 e. The number of halogens is 1. The van der Waals surface area contributed by atoms with Crippen LogP contribution in [0.3, 0.4) is 0 Å². The van der Waals surface area contributed by atoms with Crippen molar-refractivity contribution in [2.75, 3.05) is 19.6 Å². The van der Waals surface area contributed by atoms with Crippen molar-refractivity contribution < 1.29 is 13.2 Å². The first-order valence-corrected chi connectivity index (χ1v) is 12.8. The Morgan fingerprint density at radius 3 is 2.43 bits per heavy atom. The molecule has 0 unspecified atom stereocenters. The molecule has 2 fully saturated rings. The van der Waals surface area contributed by atoms with Crippen LogP contribution in [0.1, 0.15) is 53.4 Å². The molecule has 0 radical (unpaired) electrons. The molecule has 0 aromatic heterocycles. The zero-order valence-electron chi connectivity index (χ0n) is 18.4. The molecule has 1 aromatic rings. The summed E-state index contributed by atoms with van der Waals surface area (Å²) in [6.45, 7) is 9.96. The summed E-state index contributed by atoms with van der Waals surface area (Å²) in [6.07, 6.45) is 3.10. The van der Waals surface area contributed by atoms with Gasteiger partial charge in [-0.1, -0.05) is 58.2 Å². The second kappa shape index (κ2) is 9.15. The zero-order valence-corrected chi connectivity index (χ0v) is 20.0. The second-order valence-corrected chi connectivity index (χ2v) is 11.2. The lowest BCUT2D eigenvalue weighted by Crippen LogP contribution is -2.60. The monoisotopic (exact) mass is 455 g/mol. The number of nitrogens with one attached hydrogen (secondary N) is 1. The van der Waals surface area contributed by atoms with Crippen LogP contribution in [0, 0.1) is 11.8 Å². The molecule has 2 aliphatic heterocycles. The number of piperidine rings is 1. The van der Waals surface area contributed by atoms with E-state index in [1.165, 1.54) is 10.4 Å². The summed E-state index contributed by atoms with van der Waals surface area (Å²) in [5, 5.41) is 4.05. The third kappa shape index (κ3) is 4.40. The molecule has 8 heteroatoms. The van der Waals surface area contributed by atoms with Gasteiger partial charge in [-0.15, -0.1) is 0 Å². The van der Waals surface area contributed by atoms with Gasteiger partial charge in [-0.3, -0.25) is 10.1 Å². The number of nitrogens with zero attached hydrogens (tertiary/aromatic N) is 2. The topological polar surface area (TPSA) is 69.7 Å². The van der Waals surface area contributed by atoms with Crippen molar-refractivity contribution in [2.45, 2.75) is 70.0 Å². The summed E-state index contributed by atoms with van der Waals surface area (Å²) in [7, 11) is -3.61. The van der Waals surface area contributed by atoms with E-state index in [0.29, 0.717) is 43.4 Å². The van der Waals surface area contributed by atoms with Crippen LogP contribution in [0.15, 0.2) is 29.2 Å². The van der Waals surface area contributed by atoms with Gasteiger partial charge in [-0.25, -0.2) is 8.42 Å². The van der Waals surface area contributed by atoms with Crippen molar-refractivity contribution in [3.05, 3.63) is 29.3 Å². The Labute approximate surface area is 186 Å². The lowest BCUT2D eigenvalue weighted by molar-refractivity contribution is -0.134. The summed E-state index contributed by atoms with van der Waals surface area (Å²) in [6, 6.07) is 6.20. The first-order valence-electron chi connectivity index (χ1n) is 11.0. The molecule has 3 atom stereocenters. The van der Waals surface area contributed by atoms with Gasteiger partial charge in [0.05, 0.1) is 16.6 Å². The Morgan fingerprint density at radius 1 is 1.20 bits per heavy atom. The number of hydrogen-bond acceptors (Lipinski definition) is 4. The van der Waals surface area contributed by atoms with Gasteiger partial charge in [0.15, 0.2) is 0 Å². The third-order valence-corrected chi connectivity index (χ3v) is 8.99. The lowest BCUT2D eigenvalue weighted by atomic mass is 9.95. The molecule has 2 saturated heterocycles. The lowest BCUT2D eigenvalue weighted by Gasteiger charge is -2.45. The maximum absolute atomic E-state index is 13.3. The summed E-state index contributed by atoms with van der Waals surface area (Å²) in [5.74, 6) is 0.803.